The van der Waals surface area contributed by atoms with Crippen molar-refractivity contribution in [2.45, 2.75) is 33.7 Å². The highest BCUT2D eigenvalue weighted by molar-refractivity contribution is 14.0. The van der Waals surface area contributed by atoms with E-state index in [9.17, 15) is 0 Å². The quantitative estimate of drug-likeness (QED) is 0.203. The first-order valence-electron chi connectivity index (χ1n) is 10.2. The van der Waals surface area contributed by atoms with E-state index >= 15 is 0 Å². The van der Waals surface area contributed by atoms with E-state index in [4.69, 9.17) is 4.99 Å². The number of para-hydroxylation sites is 1. The first kappa shape index (κ1) is 22.1. The Labute approximate surface area is 194 Å². The summed E-state index contributed by atoms with van der Waals surface area (Å²) in [5.41, 5.74) is 6.88. The summed E-state index contributed by atoms with van der Waals surface area (Å²) in [6.45, 7) is 8.49. The second-order valence-electron chi connectivity index (χ2n) is 7.27. The predicted molar refractivity (Wildman–Crippen MR) is 135 cm³/mol. The predicted octanol–water partition coefficient (Wildman–Crippen LogP) is 4.35. The molecule has 3 heterocycles. The summed E-state index contributed by atoms with van der Waals surface area (Å²) in [7, 11) is 0. The summed E-state index contributed by atoms with van der Waals surface area (Å²) in [4.78, 5) is 12.9. The van der Waals surface area contributed by atoms with Gasteiger partial charge >= 0.3 is 0 Å². The molecule has 0 radical (unpaired) electrons. The average Bonchev–Trinajstić information content (AvgIpc) is 3.27. The highest BCUT2D eigenvalue weighted by Crippen LogP contribution is 2.21. The number of aromatic amines is 1. The zero-order valence-corrected chi connectivity index (χ0v) is 20.0. The summed E-state index contributed by atoms with van der Waals surface area (Å²) >= 11 is 0. The van der Waals surface area contributed by atoms with E-state index in [1.54, 1.807) is 0 Å². The molecule has 30 heavy (non-hydrogen) atoms. The number of pyridine rings is 1. The molecule has 3 aromatic heterocycles. The molecule has 0 aliphatic rings. The van der Waals surface area contributed by atoms with Gasteiger partial charge in [-0.15, -0.1) is 24.0 Å². The zero-order valence-electron chi connectivity index (χ0n) is 17.7. The van der Waals surface area contributed by atoms with Crippen LogP contribution in [0.3, 0.4) is 0 Å². The van der Waals surface area contributed by atoms with E-state index in [0.29, 0.717) is 6.54 Å². The summed E-state index contributed by atoms with van der Waals surface area (Å²) in [5, 5.41) is 8.08. The number of hydrogen-bond donors (Lipinski definition) is 3. The lowest BCUT2D eigenvalue weighted by Gasteiger charge is -2.11. The molecule has 4 rings (SSSR count). The minimum atomic E-state index is 0. The molecular formula is C23H29IN6. The van der Waals surface area contributed by atoms with Gasteiger partial charge in [0.25, 0.3) is 0 Å². The van der Waals surface area contributed by atoms with Gasteiger partial charge in [-0.1, -0.05) is 24.3 Å². The molecule has 0 atom stereocenters. The maximum absolute atomic E-state index is 4.72. The number of fused-ring (bicyclic) bond motifs is 2. The summed E-state index contributed by atoms with van der Waals surface area (Å²) in [6.07, 6.45) is 3.00. The van der Waals surface area contributed by atoms with E-state index in [0.717, 1.165) is 36.8 Å². The van der Waals surface area contributed by atoms with Crippen molar-refractivity contribution in [1.82, 2.24) is 25.0 Å². The topological polar surface area (TPSA) is 69.5 Å². The lowest BCUT2D eigenvalue weighted by Crippen LogP contribution is -2.38. The first-order valence-corrected chi connectivity index (χ1v) is 10.2. The fraction of sp³-hybridized carbons (Fsp3) is 0.304. The van der Waals surface area contributed by atoms with Crippen LogP contribution < -0.4 is 10.6 Å². The van der Waals surface area contributed by atoms with Gasteiger partial charge in [-0.05, 0) is 51.0 Å². The summed E-state index contributed by atoms with van der Waals surface area (Å²) < 4.78 is 2.10. The van der Waals surface area contributed by atoms with Gasteiger partial charge < -0.3 is 20.0 Å². The second-order valence-corrected chi connectivity index (χ2v) is 7.27. The van der Waals surface area contributed by atoms with E-state index in [1.165, 1.54) is 27.9 Å². The number of guanidine groups is 1. The number of halogens is 1. The fourth-order valence-corrected chi connectivity index (χ4v) is 3.74. The number of benzene rings is 1. The number of H-pyrrole nitrogens is 1. The Morgan fingerprint density at radius 2 is 1.93 bits per heavy atom. The Morgan fingerprint density at radius 3 is 2.73 bits per heavy atom. The van der Waals surface area contributed by atoms with Gasteiger partial charge in [0.15, 0.2) is 5.96 Å². The van der Waals surface area contributed by atoms with Crippen LogP contribution >= 0.6 is 24.0 Å². The molecular weight excluding hydrogens is 487 g/mol. The Hall–Kier alpha value is -2.55. The third kappa shape index (κ3) is 4.77. The van der Waals surface area contributed by atoms with Crippen LogP contribution in [-0.4, -0.2) is 33.4 Å². The van der Waals surface area contributed by atoms with Crippen molar-refractivity contribution in [3.8, 4) is 0 Å². The summed E-state index contributed by atoms with van der Waals surface area (Å²) in [6, 6.07) is 14.6. The number of nitrogens with zero attached hydrogens (tertiary/aromatic N) is 3. The van der Waals surface area contributed by atoms with Crippen molar-refractivity contribution in [1.29, 1.82) is 0 Å². The van der Waals surface area contributed by atoms with Gasteiger partial charge in [0.05, 0.1) is 12.2 Å². The van der Waals surface area contributed by atoms with Gasteiger partial charge in [-0.2, -0.15) is 0 Å². The molecule has 0 unspecified atom stereocenters. The van der Waals surface area contributed by atoms with Crippen LogP contribution in [0.4, 0.5) is 0 Å². The number of aromatic nitrogens is 3. The number of aliphatic imine (C=N–C) groups is 1. The molecule has 0 aliphatic heterocycles. The molecule has 4 aromatic rings. The molecule has 0 bridgehead atoms. The van der Waals surface area contributed by atoms with Gasteiger partial charge in [0, 0.05) is 41.6 Å². The smallest absolute Gasteiger partial charge is 0.191 e. The Kier molecular flexibility index (Phi) is 7.36. The minimum Gasteiger partial charge on any atom is -0.358 e. The van der Waals surface area contributed by atoms with Crippen molar-refractivity contribution >= 4 is 46.5 Å². The van der Waals surface area contributed by atoms with E-state index in [1.807, 2.05) is 12.1 Å². The Morgan fingerprint density at radius 1 is 1.10 bits per heavy atom. The van der Waals surface area contributed by atoms with Crippen LogP contribution in [0, 0.1) is 13.8 Å². The van der Waals surface area contributed by atoms with Crippen molar-refractivity contribution in [3.63, 3.8) is 0 Å². The van der Waals surface area contributed by atoms with Crippen molar-refractivity contribution < 1.29 is 0 Å². The van der Waals surface area contributed by atoms with Crippen molar-refractivity contribution in [2.24, 2.45) is 4.99 Å². The number of rotatable bonds is 6. The summed E-state index contributed by atoms with van der Waals surface area (Å²) in [5.74, 6) is 0.818. The highest BCUT2D eigenvalue weighted by atomic mass is 127. The maximum Gasteiger partial charge on any atom is 0.191 e. The lowest BCUT2D eigenvalue weighted by molar-refractivity contribution is 0.797. The lowest BCUT2D eigenvalue weighted by atomic mass is 10.1. The monoisotopic (exact) mass is 516 g/mol. The van der Waals surface area contributed by atoms with Gasteiger partial charge in [0.2, 0.25) is 0 Å². The molecule has 0 spiro atoms. The van der Waals surface area contributed by atoms with Crippen LogP contribution in [0.2, 0.25) is 0 Å². The van der Waals surface area contributed by atoms with Gasteiger partial charge in [-0.25, -0.2) is 9.98 Å². The zero-order chi connectivity index (χ0) is 20.2. The van der Waals surface area contributed by atoms with Gasteiger partial charge in [-0.3, -0.25) is 0 Å². The molecule has 1 aromatic carbocycles. The van der Waals surface area contributed by atoms with Crippen LogP contribution in [0.1, 0.15) is 29.6 Å². The van der Waals surface area contributed by atoms with Crippen LogP contribution in [0.5, 0.6) is 0 Å². The molecule has 6 nitrogen and oxygen atoms in total. The average molecular weight is 516 g/mol. The second kappa shape index (κ2) is 9.97. The third-order valence-corrected chi connectivity index (χ3v) is 5.18. The Bertz CT molecular complexity index is 1160. The van der Waals surface area contributed by atoms with Crippen LogP contribution in [0.15, 0.2) is 53.7 Å². The van der Waals surface area contributed by atoms with E-state index in [-0.39, 0.29) is 24.0 Å². The van der Waals surface area contributed by atoms with Crippen LogP contribution in [0.25, 0.3) is 16.6 Å². The number of nitrogens with one attached hydrogen (secondary N) is 3. The third-order valence-electron chi connectivity index (χ3n) is 5.18. The van der Waals surface area contributed by atoms with Crippen molar-refractivity contribution in [3.05, 3.63) is 71.3 Å². The number of hydrogen-bond acceptors (Lipinski definition) is 2. The van der Waals surface area contributed by atoms with Crippen molar-refractivity contribution in [2.75, 3.05) is 13.1 Å². The van der Waals surface area contributed by atoms with E-state index in [2.05, 4.69) is 82.3 Å². The fourth-order valence-electron chi connectivity index (χ4n) is 3.74. The Balaban J connectivity index is 0.00000256. The number of aryl methyl sites for hydroxylation is 2. The molecule has 158 valence electrons. The molecule has 3 N–H and O–H groups in total. The number of imidazole rings is 1. The largest absolute Gasteiger partial charge is 0.358 e. The molecule has 0 fully saturated rings. The highest BCUT2D eigenvalue weighted by Gasteiger charge is 2.08. The molecule has 0 amide bonds. The normalized spacial score (nSPS) is 11.6. The van der Waals surface area contributed by atoms with Crippen LogP contribution in [-0.2, 0) is 13.0 Å². The van der Waals surface area contributed by atoms with E-state index < -0.39 is 0 Å². The standard InChI is InChI=1S/C23H28N6.HI/c1-4-24-23(26-14-18-15-29-16(2)8-7-11-22(29)28-18)25-13-12-19-17(3)27-21-10-6-5-9-20(19)21;/h5-11,15,27H,4,12-14H2,1-3H3,(H2,24,25,26);1H. The molecule has 0 aliphatic carbocycles. The first-order chi connectivity index (χ1) is 14.2. The molecule has 0 saturated carbocycles. The minimum absolute atomic E-state index is 0. The van der Waals surface area contributed by atoms with Gasteiger partial charge in [0.1, 0.15) is 5.65 Å². The molecule has 0 saturated heterocycles. The molecule has 7 heteroatoms. The maximum atomic E-state index is 4.72. The SMILES string of the molecule is CCNC(=NCc1cn2c(C)cccc2n1)NCCc1c(C)[nH]c2ccccc12.I.